The van der Waals surface area contributed by atoms with Crippen molar-refractivity contribution in [2.75, 3.05) is 6.54 Å². The van der Waals surface area contributed by atoms with E-state index in [4.69, 9.17) is 5.21 Å². The molecule has 0 fully saturated rings. The monoisotopic (exact) mass is 469 g/mol. The highest BCUT2D eigenvalue weighted by Crippen LogP contribution is 2.37. The van der Waals surface area contributed by atoms with Gasteiger partial charge in [0.05, 0.1) is 6.20 Å². The first-order valence-electron chi connectivity index (χ1n) is 12.0. The standard InChI is InChI=1S/C28H31N5O2/c1-19-23(17-30-32(19)2)18-33(14-13-22-16-29-26-6-4-3-5-24(22)26)27-11-9-21-15-20(7-10-25(21)27)8-12-28(34)31-35/h3-8,10,12,15-17,27,29,35H,9,11,13-14,18H2,1-2H3,(H,31,34)/b12-8+. The number of rotatable bonds is 8. The molecule has 1 aliphatic rings. The van der Waals surface area contributed by atoms with Gasteiger partial charge in [0.1, 0.15) is 0 Å². The van der Waals surface area contributed by atoms with Crippen LogP contribution in [0.5, 0.6) is 0 Å². The summed E-state index contributed by atoms with van der Waals surface area (Å²) in [4.78, 5) is 17.3. The number of carbonyl (C=O) groups excluding carboxylic acids is 1. The number of hydroxylamine groups is 1. The van der Waals surface area contributed by atoms with Crippen LogP contribution >= 0.6 is 0 Å². The molecule has 0 radical (unpaired) electrons. The molecule has 3 N–H and O–H groups in total. The van der Waals surface area contributed by atoms with E-state index in [1.807, 2.05) is 24.0 Å². The Morgan fingerprint density at radius 3 is 2.94 bits per heavy atom. The van der Waals surface area contributed by atoms with E-state index >= 15 is 0 Å². The van der Waals surface area contributed by atoms with E-state index in [2.05, 4.69) is 64.5 Å². The second-order valence-electron chi connectivity index (χ2n) is 9.28. The third-order valence-electron chi connectivity index (χ3n) is 7.24. The van der Waals surface area contributed by atoms with Crippen LogP contribution in [0.4, 0.5) is 0 Å². The first-order chi connectivity index (χ1) is 17.0. The Morgan fingerprint density at radius 2 is 2.14 bits per heavy atom. The Balaban J connectivity index is 1.40. The van der Waals surface area contributed by atoms with Gasteiger partial charge in [0.2, 0.25) is 0 Å². The lowest BCUT2D eigenvalue weighted by molar-refractivity contribution is -0.124. The lowest BCUT2D eigenvalue weighted by atomic mass is 10.0. The number of benzene rings is 2. The predicted molar refractivity (Wildman–Crippen MR) is 137 cm³/mol. The number of aromatic amines is 1. The Morgan fingerprint density at radius 1 is 1.29 bits per heavy atom. The average molecular weight is 470 g/mol. The Hall–Kier alpha value is -3.68. The molecule has 0 saturated carbocycles. The maximum atomic E-state index is 11.4. The van der Waals surface area contributed by atoms with Crippen molar-refractivity contribution in [3.8, 4) is 0 Å². The summed E-state index contributed by atoms with van der Waals surface area (Å²) in [6.45, 7) is 3.92. The number of aromatic nitrogens is 3. The van der Waals surface area contributed by atoms with Gasteiger partial charge in [-0.3, -0.25) is 19.6 Å². The highest BCUT2D eigenvalue weighted by atomic mass is 16.5. The Labute approximate surface area is 205 Å². The summed E-state index contributed by atoms with van der Waals surface area (Å²) in [5, 5.41) is 14.5. The van der Waals surface area contributed by atoms with Crippen molar-refractivity contribution >= 4 is 22.9 Å². The van der Waals surface area contributed by atoms with Gasteiger partial charge in [-0.2, -0.15) is 5.10 Å². The molecule has 2 aromatic heterocycles. The second-order valence-corrected chi connectivity index (χ2v) is 9.28. The fourth-order valence-electron chi connectivity index (χ4n) is 5.17. The average Bonchev–Trinajstić information content (AvgIpc) is 3.58. The molecule has 0 saturated heterocycles. The van der Waals surface area contributed by atoms with Crippen LogP contribution in [0.25, 0.3) is 17.0 Å². The molecule has 0 aliphatic heterocycles. The van der Waals surface area contributed by atoms with E-state index in [-0.39, 0.29) is 0 Å². The largest absolute Gasteiger partial charge is 0.361 e. The van der Waals surface area contributed by atoms with E-state index in [0.717, 1.165) is 37.9 Å². The maximum absolute atomic E-state index is 11.4. The van der Waals surface area contributed by atoms with Crippen LogP contribution in [0.1, 0.15) is 46.0 Å². The summed E-state index contributed by atoms with van der Waals surface area (Å²) >= 11 is 0. The number of fused-ring (bicyclic) bond motifs is 2. The zero-order valence-electron chi connectivity index (χ0n) is 20.2. The van der Waals surface area contributed by atoms with Crippen LogP contribution < -0.4 is 5.48 Å². The van der Waals surface area contributed by atoms with Gasteiger partial charge < -0.3 is 4.98 Å². The minimum Gasteiger partial charge on any atom is -0.361 e. The molecule has 1 aliphatic carbocycles. The third-order valence-corrected chi connectivity index (χ3v) is 7.24. The van der Waals surface area contributed by atoms with Crippen LogP contribution in [0.2, 0.25) is 0 Å². The lowest BCUT2D eigenvalue weighted by Gasteiger charge is -2.30. The fraction of sp³-hybridized carbons (Fsp3) is 0.286. The van der Waals surface area contributed by atoms with Crippen molar-refractivity contribution in [1.82, 2.24) is 25.1 Å². The van der Waals surface area contributed by atoms with E-state index in [1.54, 1.807) is 11.6 Å². The normalized spacial score (nSPS) is 15.4. The maximum Gasteiger partial charge on any atom is 0.267 e. The lowest BCUT2D eigenvalue weighted by Crippen LogP contribution is -2.29. The summed E-state index contributed by atoms with van der Waals surface area (Å²) in [5.74, 6) is -0.529. The summed E-state index contributed by atoms with van der Waals surface area (Å²) in [6.07, 6.45) is 10.2. The number of aryl methyl sites for hydroxylation is 2. The van der Waals surface area contributed by atoms with E-state index in [9.17, 15) is 4.79 Å². The Bertz CT molecular complexity index is 1380. The molecule has 1 atom stereocenters. The number of hydrogen-bond donors (Lipinski definition) is 3. The summed E-state index contributed by atoms with van der Waals surface area (Å²) in [6, 6.07) is 15.2. The minimum atomic E-state index is -0.529. The van der Waals surface area contributed by atoms with Gasteiger partial charge in [0.25, 0.3) is 5.91 Å². The molecule has 2 aromatic carbocycles. The summed E-state index contributed by atoms with van der Waals surface area (Å²) in [7, 11) is 1.99. The topological polar surface area (TPSA) is 86.2 Å². The molecule has 7 nitrogen and oxygen atoms in total. The van der Waals surface area contributed by atoms with Crippen LogP contribution in [0, 0.1) is 6.92 Å². The van der Waals surface area contributed by atoms with Gasteiger partial charge in [0.15, 0.2) is 0 Å². The molecule has 1 amide bonds. The quantitative estimate of drug-likeness (QED) is 0.202. The van der Waals surface area contributed by atoms with Crippen molar-refractivity contribution in [3.63, 3.8) is 0 Å². The van der Waals surface area contributed by atoms with Gasteiger partial charge in [0, 0.05) is 60.6 Å². The highest BCUT2D eigenvalue weighted by molar-refractivity contribution is 5.90. The van der Waals surface area contributed by atoms with Gasteiger partial charge in [-0.05, 0) is 60.6 Å². The van der Waals surface area contributed by atoms with Gasteiger partial charge in [-0.15, -0.1) is 0 Å². The SMILES string of the molecule is Cc1c(CN(CCc2c[nH]c3ccccc23)C2CCc3cc(/C=C/C(=O)NO)ccc32)cnn1C. The highest BCUT2D eigenvalue weighted by Gasteiger charge is 2.29. The summed E-state index contributed by atoms with van der Waals surface area (Å²) < 4.78 is 1.94. The molecule has 2 heterocycles. The first kappa shape index (κ1) is 23.1. The van der Waals surface area contributed by atoms with Crippen molar-refractivity contribution < 1.29 is 10.0 Å². The number of nitrogens with one attached hydrogen (secondary N) is 2. The number of carbonyl (C=O) groups is 1. The van der Waals surface area contributed by atoms with Crippen LogP contribution in [0.15, 0.2) is 60.9 Å². The van der Waals surface area contributed by atoms with Crippen molar-refractivity contribution in [1.29, 1.82) is 0 Å². The van der Waals surface area contributed by atoms with Gasteiger partial charge in [-0.1, -0.05) is 36.4 Å². The van der Waals surface area contributed by atoms with Crippen LogP contribution in [-0.2, 0) is 31.2 Å². The molecule has 0 bridgehead atoms. The van der Waals surface area contributed by atoms with Crippen molar-refractivity contribution in [2.24, 2.45) is 7.05 Å². The minimum absolute atomic E-state index is 0.327. The number of para-hydroxylation sites is 1. The first-order valence-corrected chi connectivity index (χ1v) is 12.0. The van der Waals surface area contributed by atoms with Gasteiger partial charge in [-0.25, -0.2) is 5.48 Å². The molecule has 4 aromatic rings. The zero-order chi connectivity index (χ0) is 24.4. The van der Waals surface area contributed by atoms with E-state index in [1.165, 1.54) is 44.9 Å². The van der Waals surface area contributed by atoms with Crippen LogP contribution in [0.3, 0.4) is 0 Å². The van der Waals surface area contributed by atoms with E-state index in [0.29, 0.717) is 6.04 Å². The molecular weight excluding hydrogens is 438 g/mol. The fourth-order valence-corrected chi connectivity index (χ4v) is 5.17. The molecule has 0 spiro atoms. The molecular formula is C28H31N5O2. The molecule has 180 valence electrons. The number of amides is 1. The number of hydrogen-bond acceptors (Lipinski definition) is 4. The Kier molecular flexibility index (Phi) is 6.53. The molecule has 35 heavy (non-hydrogen) atoms. The molecule has 1 unspecified atom stereocenters. The van der Waals surface area contributed by atoms with Crippen molar-refractivity contribution in [2.45, 2.75) is 38.8 Å². The van der Waals surface area contributed by atoms with Gasteiger partial charge >= 0.3 is 0 Å². The molecule has 7 heteroatoms. The second kappa shape index (κ2) is 9.90. The summed E-state index contributed by atoms with van der Waals surface area (Å²) in [5.41, 5.74) is 10.2. The molecule has 5 rings (SSSR count). The number of nitrogens with zero attached hydrogens (tertiary/aromatic N) is 3. The van der Waals surface area contributed by atoms with Crippen molar-refractivity contribution in [3.05, 3.63) is 94.4 Å². The smallest absolute Gasteiger partial charge is 0.267 e. The van der Waals surface area contributed by atoms with Crippen LogP contribution in [-0.4, -0.2) is 37.3 Å². The third kappa shape index (κ3) is 4.78. The number of H-pyrrole nitrogens is 1. The zero-order valence-corrected chi connectivity index (χ0v) is 20.2. The predicted octanol–water partition coefficient (Wildman–Crippen LogP) is 4.46. The van der Waals surface area contributed by atoms with E-state index < -0.39 is 5.91 Å².